The number of anilines is 2. The highest BCUT2D eigenvalue weighted by molar-refractivity contribution is 7.92. The minimum Gasteiger partial charge on any atom is -0.383 e. The van der Waals surface area contributed by atoms with Gasteiger partial charge in [-0.2, -0.15) is 0 Å². The lowest BCUT2D eigenvalue weighted by Crippen LogP contribution is -2.17. The lowest BCUT2D eigenvalue weighted by Gasteiger charge is -2.12. The van der Waals surface area contributed by atoms with Gasteiger partial charge in [-0.3, -0.25) is 4.72 Å². The predicted molar refractivity (Wildman–Crippen MR) is 140 cm³/mol. The van der Waals surface area contributed by atoms with Crippen molar-refractivity contribution in [2.45, 2.75) is 24.7 Å². The summed E-state index contributed by atoms with van der Waals surface area (Å²) in [6, 6.07) is 8.08. The fourth-order valence-electron chi connectivity index (χ4n) is 3.47. The smallest absolute Gasteiger partial charge is 0.267 e. The van der Waals surface area contributed by atoms with Crippen LogP contribution in [0.1, 0.15) is 24.8 Å². The Balaban J connectivity index is 1.76. The number of rotatable bonds is 10. The fraction of sp³-hybridized carbons (Fsp3) is 0.240. The highest BCUT2D eigenvalue weighted by atomic mass is 32.2. The van der Waals surface area contributed by atoms with Crippen molar-refractivity contribution >= 4 is 33.0 Å². The Hall–Kier alpha value is -3.55. The summed E-state index contributed by atoms with van der Waals surface area (Å²) in [5, 5.41) is 3.84. The molecule has 0 unspecified atom stereocenters. The van der Waals surface area contributed by atoms with Crippen molar-refractivity contribution in [1.29, 1.82) is 0 Å². The van der Waals surface area contributed by atoms with Crippen molar-refractivity contribution in [2.24, 2.45) is 0 Å². The lowest BCUT2D eigenvalue weighted by atomic mass is 10.1. The Morgan fingerprint density at radius 2 is 1.76 bits per heavy atom. The SMILES string of the molecule is COCCNc1nccc(-c2sc(C(C)C)nc2-c2ccc(F)c(NS(=O)(=O)c3c(F)cccc3F)c2)n1. The van der Waals surface area contributed by atoms with E-state index in [0.717, 1.165) is 29.3 Å². The summed E-state index contributed by atoms with van der Waals surface area (Å²) in [6.45, 7) is 4.90. The van der Waals surface area contributed by atoms with Gasteiger partial charge >= 0.3 is 0 Å². The summed E-state index contributed by atoms with van der Waals surface area (Å²) in [5.74, 6) is -3.07. The maximum Gasteiger partial charge on any atom is 0.267 e. The second kappa shape index (κ2) is 11.5. The number of nitrogens with zero attached hydrogens (tertiary/aromatic N) is 3. The molecule has 200 valence electrons. The van der Waals surface area contributed by atoms with Crippen LogP contribution in [0.15, 0.2) is 53.6 Å². The minimum absolute atomic E-state index is 0.0658. The molecule has 2 aromatic carbocycles. The van der Waals surface area contributed by atoms with Gasteiger partial charge < -0.3 is 10.1 Å². The number of sulfonamides is 1. The third-order valence-electron chi connectivity index (χ3n) is 5.29. The van der Waals surface area contributed by atoms with Crippen molar-refractivity contribution in [1.82, 2.24) is 15.0 Å². The zero-order valence-corrected chi connectivity index (χ0v) is 22.3. The maximum atomic E-state index is 14.7. The van der Waals surface area contributed by atoms with Gasteiger partial charge in [0.1, 0.15) is 17.5 Å². The molecule has 2 heterocycles. The summed E-state index contributed by atoms with van der Waals surface area (Å²) in [5.41, 5.74) is 0.889. The van der Waals surface area contributed by atoms with E-state index in [1.54, 1.807) is 19.4 Å². The molecule has 0 saturated carbocycles. The maximum absolute atomic E-state index is 14.7. The van der Waals surface area contributed by atoms with Crippen LogP contribution in [0.2, 0.25) is 0 Å². The molecule has 2 aromatic heterocycles. The molecule has 0 amide bonds. The number of thiazole rings is 1. The number of hydrogen-bond donors (Lipinski definition) is 2. The number of aromatic nitrogens is 3. The average Bonchev–Trinajstić information content (AvgIpc) is 3.31. The Bertz CT molecular complexity index is 1540. The van der Waals surface area contributed by atoms with Crippen LogP contribution in [0.25, 0.3) is 21.8 Å². The number of nitrogens with one attached hydrogen (secondary N) is 2. The van der Waals surface area contributed by atoms with Crippen LogP contribution in [-0.2, 0) is 14.8 Å². The Labute approximate surface area is 222 Å². The summed E-state index contributed by atoms with van der Waals surface area (Å²) in [6.07, 6.45) is 1.59. The van der Waals surface area contributed by atoms with Crippen LogP contribution in [0.5, 0.6) is 0 Å². The first-order chi connectivity index (χ1) is 18.1. The first-order valence-corrected chi connectivity index (χ1v) is 13.7. The van der Waals surface area contributed by atoms with Gasteiger partial charge in [0.05, 0.1) is 33.6 Å². The third kappa shape index (κ3) is 5.95. The molecule has 0 aliphatic heterocycles. The largest absolute Gasteiger partial charge is 0.383 e. The van der Waals surface area contributed by atoms with Crippen LogP contribution in [0.4, 0.5) is 24.8 Å². The molecule has 0 fully saturated rings. The Kier molecular flexibility index (Phi) is 8.29. The van der Waals surface area contributed by atoms with Crippen molar-refractivity contribution in [3.05, 3.63) is 71.1 Å². The molecule has 4 rings (SSSR count). The molecule has 4 aromatic rings. The predicted octanol–water partition coefficient (Wildman–Crippen LogP) is 5.67. The number of methoxy groups -OCH3 is 1. The topological polar surface area (TPSA) is 106 Å². The molecular weight excluding hydrogens is 539 g/mol. The molecule has 2 N–H and O–H groups in total. The number of halogens is 3. The number of hydrogen-bond acceptors (Lipinski definition) is 8. The van der Waals surface area contributed by atoms with E-state index in [0.29, 0.717) is 40.9 Å². The summed E-state index contributed by atoms with van der Waals surface area (Å²) in [7, 11) is -3.20. The van der Waals surface area contributed by atoms with E-state index in [9.17, 15) is 21.6 Å². The summed E-state index contributed by atoms with van der Waals surface area (Å²) < 4.78 is 75.6. The molecule has 13 heteroatoms. The zero-order chi connectivity index (χ0) is 27.4. The van der Waals surface area contributed by atoms with Crippen LogP contribution in [0, 0.1) is 17.5 Å². The number of benzene rings is 2. The van der Waals surface area contributed by atoms with Gasteiger partial charge in [0.25, 0.3) is 10.0 Å². The molecule has 8 nitrogen and oxygen atoms in total. The average molecular weight is 564 g/mol. The molecule has 0 radical (unpaired) electrons. The second-order valence-corrected chi connectivity index (χ2v) is 11.1. The van der Waals surface area contributed by atoms with Crippen molar-refractivity contribution in [3.63, 3.8) is 0 Å². The van der Waals surface area contributed by atoms with Crippen molar-refractivity contribution < 1.29 is 26.3 Å². The van der Waals surface area contributed by atoms with Crippen LogP contribution < -0.4 is 10.0 Å². The molecule has 38 heavy (non-hydrogen) atoms. The molecular formula is C25H24F3N5O3S2. The highest BCUT2D eigenvalue weighted by Crippen LogP contribution is 2.39. The van der Waals surface area contributed by atoms with Crippen molar-refractivity contribution in [2.75, 3.05) is 30.3 Å². The molecule has 0 saturated heterocycles. The van der Waals surface area contributed by atoms with Gasteiger partial charge in [0, 0.05) is 31.3 Å². The summed E-state index contributed by atoms with van der Waals surface area (Å²) >= 11 is 1.39. The quantitative estimate of drug-likeness (QED) is 0.240. The van der Waals surface area contributed by atoms with Crippen LogP contribution in [-0.4, -0.2) is 43.6 Å². The van der Waals surface area contributed by atoms with Gasteiger partial charge in [-0.05, 0) is 36.4 Å². The standard InChI is InChI=1S/C25H24F3N5O3S2/c1-14(2)24-32-21(22(37-24)19-9-10-29-25(31-19)30-11-12-36-3)15-7-8-16(26)20(13-15)33-38(34,35)23-17(27)5-4-6-18(23)28/h4-10,13-14,33H,11-12H2,1-3H3,(H,29,30,31). The molecule has 0 bridgehead atoms. The molecule has 0 aliphatic carbocycles. The second-order valence-electron chi connectivity index (χ2n) is 8.42. The normalized spacial score (nSPS) is 11.7. The molecule has 0 spiro atoms. The Morgan fingerprint density at radius 3 is 2.45 bits per heavy atom. The van der Waals surface area contributed by atoms with Gasteiger partial charge in [-0.15, -0.1) is 11.3 Å². The Morgan fingerprint density at radius 1 is 1.03 bits per heavy atom. The van der Waals surface area contributed by atoms with E-state index in [1.165, 1.54) is 23.5 Å². The van der Waals surface area contributed by atoms with Gasteiger partial charge in [-0.25, -0.2) is 36.5 Å². The highest BCUT2D eigenvalue weighted by Gasteiger charge is 2.26. The monoisotopic (exact) mass is 563 g/mol. The molecule has 0 aliphatic rings. The van der Waals surface area contributed by atoms with E-state index in [1.807, 2.05) is 18.6 Å². The zero-order valence-electron chi connectivity index (χ0n) is 20.6. The first-order valence-electron chi connectivity index (χ1n) is 11.4. The van der Waals surface area contributed by atoms with E-state index in [4.69, 9.17) is 9.72 Å². The fourth-order valence-corrected chi connectivity index (χ4v) is 5.73. The van der Waals surface area contributed by atoms with Crippen LogP contribution in [0.3, 0.4) is 0 Å². The molecule has 0 atom stereocenters. The minimum atomic E-state index is -4.78. The van der Waals surface area contributed by atoms with E-state index in [-0.39, 0.29) is 5.92 Å². The summed E-state index contributed by atoms with van der Waals surface area (Å²) in [4.78, 5) is 12.9. The third-order valence-corrected chi connectivity index (χ3v) is 8.08. The van der Waals surface area contributed by atoms with Gasteiger partial charge in [0.2, 0.25) is 5.95 Å². The van der Waals surface area contributed by atoms with Gasteiger partial charge in [-0.1, -0.05) is 19.9 Å². The lowest BCUT2D eigenvalue weighted by molar-refractivity contribution is 0.210. The number of ether oxygens (including phenoxy) is 1. The first kappa shape index (κ1) is 27.5. The van der Waals surface area contributed by atoms with E-state index < -0.39 is 38.1 Å². The van der Waals surface area contributed by atoms with Crippen molar-refractivity contribution in [3.8, 4) is 21.8 Å². The van der Waals surface area contributed by atoms with E-state index in [2.05, 4.69) is 15.3 Å². The van der Waals surface area contributed by atoms with Crippen LogP contribution >= 0.6 is 11.3 Å². The van der Waals surface area contributed by atoms with E-state index >= 15 is 0 Å². The van der Waals surface area contributed by atoms with Gasteiger partial charge in [0.15, 0.2) is 4.90 Å².